The average molecular weight is 235 g/mol. The number of carbonyl (C=O) groups is 1. The van der Waals surface area contributed by atoms with E-state index < -0.39 is 0 Å². The van der Waals surface area contributed by atoms with Crippen LogP contribution in [0.15, 0.2) is 29.8 Å². The Kier molecular flexibility index (Phi) is 4.88. The maximum atomic E-state index is 13.4. The molecular formula is C14H18FNO. The number of rotatable bonds is 4. The monoisotopic (exact) mass is 235 g/mol. The third kappa shape index (κ3) is 3.41. The quantitative estimate of drug-likeness (QED) is 0.734. The smallest absolute Gasteiger partial charge is 0.249 e. The summed E-state index contributed by atoms with van der Waals surface area (Å²) in [5.74, 6) is -0.350. The molecule has 0 N–H and O–H groups in total. The zero-order chi connectivity index (χ0) is 12.8. The molecule has 1 amide bonds. The molecule has 92 valence electrons. The van der Waals surface area contributed by atoms with Crippen molar-refractivity contribution in [1.29, 1.82) is 0 Å². The summed E-state index contributed by atoms with van der Waals surface area (Å²) in [4.78, 5) is 13.7. The first-order chi connectivity index (χ1) is 8.10. The van der Waals surface area contributed by atoms with Gasteiger partial charge in [0.2, 0.25) is 5.91 Å². The summed E-state index contributed by atoms with van der Waals surface area (Å²) in [6, 6.07) is 6.44. The Morgan fingerprint density at radius 2 is 1.88 bits per heavy atom. The molecule has 0 bridgehead atoms. The zero-order valence-corrected chi connectivity index (χ0v) is 10.5. The van der Waals surface area contributed by atoms with Gasteiger partial charge in [0.05, 0.1) is 0 Å². The predicted molar refractivity (Wildman–Crippen MR) is 68.0 cm³/mol. The lowest BCUT2D eigenvalue weighted by Crippen LogP contribution is -2.30. The highest BCUT2D eigenvalue weighted by molar-refractivity contribution is 5.97. The Morgan fingerprint density at radius 3 is 2.41 bits per heavy atom. The van der Waals surface area contributed by atoms with E-state index in [2.05, 4.69) is 0 Å². The van der Waals surface area contributed by atoms with Crippen LogP contribution in [-0.4, -0.2) is 23.9 Å². The highest BCUT2D eigenvalue weighted by Gasteiger charge is 2.11. The molecule has 0 radical (unpaired) electrons. The van der Waals surface area contributed by atoms with Crippen molar-refractivity contribution in [3.05, 3.63) is 41.2 Å². The molecule has 0 saturated carbocycles. The molecule has 0 atom stereocenters. The molecule has 0 heterocycles. The van der Waals surface area contributed by atoms with Crippen LogP contribution in [0.25, 0.3) is 6.08 Å². The minimum atomic E-state index is -0.306. The van der Waals surface area contributed by atoms with Crippen molar-refractivity contribution >= 4 is 12.0 Å². The van der Waals surface area contributed by atoms with Gasteiger partial charge in [0.25, 0.3) is 0 Å². The normalized spacial score (nSPS) is 11.4. The molecule has 1 aromatic rings. The lowest BCUT2D eigenvalue weighted by atomic mass is 10.1. The lowest BCUT2D eigenvalue weighted by molar-refractivity contribution is -0.126. The fourth-order valence-electron chi connectivity index (χ4n) is 1.65. The summed E-state index contributed by atoms with van der Waals surface area (Å²) in [6.07, 6.45) is 1.59. The van der Waals surface area contributed by atoms with Crippen LogP contribution in [0, 0.1) is 5.82 Å². The van der Waals surface area contributed by atoms with Crippen molar-refractivity contribution in [2.75, 3.05) is 13.1 Å². The largest absolute Gasteiger partial charge is 0.339 e. The van der Waals surface area contributed by atoms with Gasteiger partial charge in [-0.15, -0.1) is 0 Å². The second-order valence-electron chi connectivity index (χ2n) is 3.83. The SMILES string of the molecule is CCN(CC)C(=O)/C(C)=C/c1ccccc1F. The fourth-order valence-corrected chi connectivity index (χ4v) is 1.65. The molecule has 0 aliphatic heterocycles. The van der Waals surface area contributed by atoms with Gasteiger partial charge in [0.1, 0.15) is 5.82 Å². The van der Waals surface area contributed by atoms with Crippen LogP contribution in [0.3, 0.4) is 0 Å². The van der Waals surface area contributed by atoms with Gasteiger partial charge in [-0.3, -0.25) is 4.79 Å². The molecular weight excluding hydrogens is 217 g/mol. The standard InChI is InChI=1S/C14H18FNO/c1-4-16(5-2)14(17)11(3)10-12-8-6-7-9-13(12)15/h6-10H,4-5H2,1-3H3/b11-10+. The van der Waals surface area contributed by atoms with Crippen molar-refractivity contribution < 1.29 is 9.18 Å². The summed E-state index contributed by atoms with van der Waals surface area (Å²) in [5.41, 5.74) is 1.00. The van der Waals surface area contributed by atoms with Gasteiger partial charge < -0.3 is 4.90 Å². The van der Waals surface area contributed by atoms with E-state index in [0.717, 1.165) is 0 Å². The highest BCUT2D eigenvalue weighted by atomic mass is 19.1. The van der Waals surface area contributed by atoms with Crippen LogP contribution < -0.4 is 0 Å². The minimum absolute atomic E-state index is 0.0433. The number of carbonyl (C=O) groups excluding carboxylic acids is 1. The molecule has 0 aliphatic carbocycles. The van der Waals surface area contributed by atoms with E-state index in [0.29, 0.717) is 24.2 Å². The Bertz CT molecular complexity index is 422. The van der Waals surface area contributed by atoms with Crippen LogP contribution in [0.2, 0.25) is 0 Å². The van der Waals surface area contributed by atoms with Crippen LogP contribution in [0.5, 0.6) is 0 Å². The Labute approximate surface area is 102 Å². The predicted octanol–water partition coefficient (Wildman–Crippen LogP) is 3.10. The van der Waals surface area contributed by atoms with E-state index in [9.17, 15) is 9.18 Å². The van der Waals surface area contributed by atoms with Crippen molar-refractivity contribution in [3.63, 3.8) is 0 Å². The van der Waals surface area contributed by atoms with Crippen LogP contribution in [-0.2, 0) is 4.79 Å². The second-order valence-corrected chi connectivity index (χ2v) is 3.83. The minimum Gasteiger partial charge on any atom is -0.339 e. The average Bonchev–Trinajstić information content (AvgIpc) is 2.33. The van der Waals surface area contributed by atoms with E-state index in [1.807, 2.05) is 13.8 Å². The number of amides is 1. The first kappa shape index (κ1) is 13.4. The number of nitrogens with zero attached hydrogens (tertiary/aromatic N) is 1. The summed E-state index contributed by atoms with van der Waals surface area (Å²) in [5, 5.41) is 0. The second kappa shape index (κ2) is 6.18. The highest BCUT2D eigenvalue weighted by Crippen LogP contribution is 2.12. The van der Waals surface area contributed by atoms with Gasteiger partial charge in [0.15, 0.2) is 0 Å². The first-order valence-corrected chi connectivity index (χ1v) is 5.82. The van der Waals surface area contributed by atoms with Gasteiger partial charge >= 0.3 is 0 Å². The van der Waals surface area contributed by atoms with Gasteiger partial charge in [-0.1, -0.05) is 18.2 Å². The molecule has 3 heteroatoms. The van der Waals surface area contributed by atoms with Crippen molar-refractivity contribution in [1.82, 2.24) is 4.90 Å². The van der Waals surface area contributed by atoms with E-state index in [-0.39, 0.29) is 11.7 Å². The third-order valence-corrected chi connectivity index (χ3v) is 2.67. The van der Waals surface area contributed by atoms with Gasteiger partial charge in [-0.25, -0.2) is 4.39 Å². The Balaban J connectivity index is 2.93. The summed E-state index contributed by atoms with van der Waals surface area (Å²) in [7, 11) is 0. The van der Waals surface area contributed by atoms with E-state index in [1.165, 1.54) is 6.07 Å². The maximum Gasteiger partial charge on any atom is 0.249 e. The molecule has 17 heavy (non-hydrogen) atoms. The molecule has 0 spiro atoms. The van der Waals surface area contributed by atoms with E-state index >= 15 is 0 Å². The van der Waals surface area contributed by atoms with Crippen LogP contribution in [0.1, 0.15) is 26.3 Å². The number of likely N-dealkylation sites (N-methyl/N-ethyl adjacent to an activating group) is 1. The zero-order valence-electron chi connectivity index (χ0n) is 10.5. The number of halogens is 1. The molecule has 1 aromatic carbocycles. The van der Waals surface area contributed by atoms with Crippen LogP contribution in [0.4, 0.5) is 4.39 Å². The summed E-state index contributed by atoms with van der Waals surface area (Å²) in [6.45, 7) is 6.90. The number of hydrogen-bond acceptors (Lipinski definition) is 1. The summed E-state index contributed by atoms with van der Waals surface area (Å²) < 4.78 is 13.4. The lowest BCUT2D eigenvalue weighted by Gasteiger charge is -2.18. The molecule has 0 aliphatic rings. The molecule has 1 rings (SSSR count). The van der Waals surface area contributed by atoms with E-state index in [1.54, 1.807) is 36.1 Å². The fraction of sp³-hybridized carbons (Fsp3) is 0.357. The molecule has 0 saturated heterocycles. The van der Waals surface area contributed by atoms with Crippen LogP contribution >= 0.6 is 0 Å². The van der Waals surface area contributed by atoms with E-state index in [4.69, 9.17) is 0 Å². The van der Waals surface area contributed by atoms with Crippen molar-refractivity contribution in [2.24, 2.45) is 0 Å². The van der Waals surface area contributed by atoms with Gasteiger partial charge in [-0.2, -0.15) is 0 Å². The number of hydrogen-bond donors (Lipinski definition) is 0. The van der Waals surface area contributed by atoms with Crippen molar-refractivity contribution in [3.8, 4) is 0 Å². The molecule has 0 aromatic heterocycles. The van der Waals surface area contributed by atoms with Gasteiger partial charge in [0, 0.05) is 24.2 Å². The molecule has 0 fully saturated rings. The topological polar surface area (TPSA) is 20.3 Å². The Hall–Kier alpha value is -1.64. The first-order valence-electron chi connectivity index (χ1n) is 5.82. The maximum absolute atomic E-state index is 13.4. The van der Waals surface area contributed by atoms with Crippen molar-refractivity contribution in [2.45, 2.75) is 20.8 Å². The summed E-state index contributed by atoms with van der Waals surface area (Å²) >= 11 is 0. The molecule has 0 unspecified atom stereocenters. The number of benzene rings is 1. The molecule has 2 nitrogen and oxygen atoms in total. The van der Waals surface area contributed by atoms with Gasteiger partial charge in [-0.05, 0) is 32.9 Å². The Morgan fingerprint density at radius 1 is 1.29 bits per heavy atom. The third-order valence-electron chi connectivity index (χ3n) is 2.67.